The lowest BCUT2D eigenvalue weighted by atomic mass is 9.91. The van der Waals surface area contributed by atoms with Gasteiger partial charge in [-0.25, -0.2) is 9.79 Å². The smallest absolute Gasteiger partial charge is 0.326 e. The topological polar surface area (TPSA) is 148 Å². The van der Waals surface area contributed by atoms with Crippen LogP contribution in [-0.4, -0.2) is 59.3 Å². The summed E-state index contributed by atoms with van der Waals surface area (Å²) in [6.07, 6.45) is 9.73. The zero-order valence-electron chi connectivity index (χ0n) is 17.4. The molecule has 5 N–H and O–H groups in total. The summed E-state index contributed by atoms with van der Waals surface area (Å²) in [4.78, 5) is 30.4. The molecule has 2 aliphatic rings. The highest BCUT2D eigenvalue weighted by molar-refractivity contribution is 5.57. The SMILES string of the molecule is CCNC1CCC(Nc2nc(=NC3CC3)n3ncc(=Cc4[nH]c(=O)[nH]c4O)c3n2)CC1. The third-order valence-electron chi connectivity index (χ3n) is 5.81. The van der Waals surface area contributed by atoms with Gasteiger partial charge >= 0.3 is 5.69 Å². The number of nitrogens with zero attached hydrogens (tertiary/aromatic N) is 5. The van der Waals surface area contributed by atoms with Crippen molar-refractivity contribution in [1.29, 1.82) is 0 Å². The molecule has 3 aromatic heterocycles. The number of aromatic hydroxyl groups is 1. The quantitative estimate of drug-likeness (QED) is 0.367. The first-order valence-electron chi connectivity index (χ1n) is 10.9. The third kappa shape index (κ3) is 4.31. The van der Waals surface area contributed by atoms with Crippen molar-refractivity contribution in [3.8, 4) is 5.88 Å². The van der Waals surface area contributed by atoms with Crippen LogP contribution in [0.1, 0.15) is 51.1 Å². The average molecular weight is 425 g/mol. The Hall–Kier alpha value is -3.21. The highest BCUT2D eigenvalue weighted by Crippen LogP contribution is 2.23. The molecule has 0 saturated heterocycles. The van der Waals surface area contributed by atoms with Gasteiger partial charge in [-0.3, -0.25) is 4.98 Å². The number of fused-ring (bicyclic) bond motifs is 1. The van der Waals surface area contributed by atoms with Gasteiger partial charge in [0.1, 0.15) is 5.69 Å². The van der Waals surface area contributed by atoms with E-state index in [9.17, 15) is 9.90 Å². The molecule has 11 heteroatoms. The number of hydrogen-bond acceptors (Lipinski definition) is 8. The summed E-state index contributed by atoms with van der Waals surface area (Å²) in [5.41, 5.74) is 0.882. The van der Waals surface area contributed by atoms with Crippen LogP contribution in [0.5, 0.6) is 5.88 Å². The van der Waals surface area contributed by atoms with Crippen LogP contribution in [0.4, 0.5) is 5.95 Å². The second-order valence-corrected chi connectivity index (χ2v) is 8.28. The molecule has 0 atom stereocenters. The number of imidazole rings is 1. The van der Waals surface area contributed by atoms with Gasteiger partial charge in [-0.2, -0.15) is 19.6 Å². The van der Waals surface area contributed by atoms with Crippen LogP contribution in [-0.2, 0) is 0 Å². The van der Waals surface area contributed by atoms with Crippen molar-refractivity contribution in [2.45, 2.75) is 63.6 Å². The minimum atomic E-state index is -0.477. The summed E-state index contributed by atoms with van der Waals surface area (Å²) in [5.74, 6) is 0.304. The van der Waals surface area contributed by atoms with E-state index in [2.05, 4.69) is 37.6 Å². The third-order valence-corrected chi connectivity index (χ3v) is 5.81. The zero-order valence-corrected chi connectivity index (χ0v) is 17.4. The number of rotatable bonds is 6. The van der Waals surface area contributed by atoms with Gasteiger partial charge in [0, 0.05) is 17.3 Å². The molecule has 5 rings (SSSR count). The molecule has 0 amide bonds. The Labute approximate surface area is 177 Å². The molecule has 0 bridgehead atoms. The Bertz CT molecular complexity index is 1250. The summed E-state index contributed by atoms with van der Waals surface area (Å²) in [6.45, 7) is 3.14. The van der Waals surface area contributed by atoms with Gasteiger partial charge in [0.15, 0.2) is 5.65 Å². The summed E-state index contributed by atoms with van der Waals surface area (Å²) >= 11 is 0. The molecule has 2 fully saturated rings. The predicted molar refractivity (Wildman–Crippen MR) is 115 cm³/mol. The Morgan fingerprint density at radius 3 is 2.65 bits per heavy atom. The fraction of sp³-hybridized carbons (Fsp3) is 0.550. The van der Waals surface area contributed by atoms with E-state index in [1.54, 1.807) is 16.8 Å². The predicted octanol–water partition coefficient (Wildman–Crippen LogP) is -0.210. The van der Waals surface area contributed by atoms with Crippen LogP contribution in [0.2, 0.25) is 0 Å². The lowest BCUT2D eigenvalue weighted by Gasteiger charge is -2.29. The maximum Gasteiger partial charge on any atom is 0.326 e. The molecule has 164 valence electrons. The van der Waals surface area contributed by atoms with Crippen molar-refractivity contribution < 1.29 is 5.11 Å². The fourth-order valence-electron chi connectivity index (χ4n) is 4.06. The Morgan fingerprint density at radius 2 is 1.97 bits per heavy atom. The van der Waals surface area contributed by atoms with Crippen molar-refractivity contribution in [3.05, 3.63) is 33.2 Å². The van der Waals surface area contributed by atoms with Gasteiger partial charge in [-0.15, -0.1) is 0 Å². The summed E-state index contributed by atoms with van der Waals surface area (Å²) < 4.78 is 1.61. The first kappa shape index (κ1) is 19.7. The first-order chi connectivity index (χ1) is 15.1. The van der Waals surface area contributed by atoms with Crippen molar-refractivity contribution in [3.63, 3.8) is 0 Å². The van der Waals surface area contributed by atoms with Crippen molar-refractivity contribution in [2.24, 2.45) is 4.99 Å². The average Bonchev–Trinajstić information content (AvgIpc) is 3.38. The van der Waals surface area contributed by atoms with E-state index in [-0.39, 0.29) is 17.6 Å². The normalized spacial score (nSPS) is 23.0. The van der Waals surface area contributed by atoms with Crippen LogP contribution in [0.15, 0.2) is 16.0 Å². The second kappa shape index (κ2) is 8.14. The number of anilines is 1. The van der Waals surface area contributed by atoms with Crippen molar-refractivity contribution in [1.82, 2.24) is 34.9 Å². The Balaban J connectivity index is 1.50. The van der Waals surface area contributed by atoms with Gasteiger partial charge in [-0.1, -0.05) is 6.92 Å². The Kier molecular flexibility index (Phi) is 5.18. The molecule has 3 aromatic rings. The van der Waals surface area contributed by atoms with Crippen LogP contribution in [0.25, 0.3) is 11.7 Å². The lowest BCUT2D eigenvalue weighted by molar-refractivity contribution is 0.358. The lowest BCUT2D eigenvalue weighted by Crippen LogP contribution is -2.37. The van der Waals surface area contributed by atoms with Gasteiger partial charge in [-0.05, 0) is 51.1 Å². The van der Waals surface area contributed by atoms with Gasteiger partial charge in [0.2, 0.25) is 11.8 Å². The summed E-state index contributed by atoms with van der Waals surface area (Å²) in [6, 6.07) is 1.17. The minimum absolute atomic E-state index is 0.225. The molecular formula is C20H27N9O2. The molecule has 0 aliphatic heterocycles. The molecule has 31 heavy (non-hydrogen) atoms. The summed E-state index contributed by atoms with van der Waals surface area (Å²) in [7, 11) is 0. The largest absolute Gasteiger partial charge is 0.493 e. The van der Waals surface area contributed by atoms with Crippen LogP contribution >= 0.6 is 0 Å². The number of H-pyrrole nitrogens is 2. The molecule has 3 heterocycles. The summed E-state index contributed by atoms with van der Waals surface area (Å²) in [5, 5.41) is 22.0. The van der Waals surface area contributed by atoms with Crippen LogP contribution in [0, 0.1) is 0 Å². The molecule has 0 spiro atoms. The fourth-order valence-corrected chi connectivity index (χ4v) is 4.06. The number of hydrogen-bond donors (Lipinski definition) is 5. The van der Waals surface area contributed by atoms with E-state index in [1.807, 2.05) is 0 Å². The Morgan fingerprint density at radius 1 is 1.19 bits per heavy atom. The van der Waals surface area contributed by atoms with Crippen LogP contribution < -0.4 is 27.2 Å². The van der Waals surface area contributed by atoms with Crippen molar-refractivity contribution in [2.75, 3.05) is 11.9 Å². The molecular weight excluding hydrogens is 398 g/mol. The van der Waals surface area contributed by atoms with Gasteiger partial charge < -0.3 is 20.7 Å². The second-order valence-electron chi connectivity index (χ2n) is 8.28. The highest BCUT2D eigenvalue weighted by atomic mass is 16.3. The standard InChI is InChI=1S/C20H27N9O2/c1-2-21-12-3-5-13(6-4-12)23-18-26-16-11(9-15-17(30)27-20(31)25-15)10-22-29(16)19(28-18)24-14-7-8-14/h9-10,12-14,21,30H,2-8H2,1H3,(H,23,24,28)(H2,25,27,31). The molecule has 2 aliphatic carbocycles. The van der Waals surface area contributed by atoms with E-state index >= 15 is 0 Å². The molecule has 2 saturated carbocycles. The van der Waals surface area contributed by atoms with E-state index in [1.165, 1.54) is 0 Å². The molecule has 0 unspecified atom stereocenters. The molecule has 11 nitrogen and oxygen atoms in total. The maximum atomic E-state index is 11.5. The number of nitrogens with one attached hydrogen (secondary N) is 4. The zero-order chi connectivity index (χ0) is 21.4. The first-order valence-corrected chi connectivity index (χ1v) is 10.9. The van der Waals surface area contributed by atoms with Gasteiger partial charge in [0.25, 0.3) is 5.62 Å². The monoisotopic (exact) mass is 425 g/mol. The van der Waals surface area contributed by atoms with Gasteiger partial charge in [0.05, 0.1) is 12.2 Å². The van der Waals surface area contributed by atoms with E-state index in [4.69, 9.17) is 9.98 Å². The van der Waals surface area contributed by atoms with E-state index in [0.29, 0.717) is 34.5 Å². The minimum Gasteiger partial charge on any atom is -0.493 e. The maximum absolute atomic E-state index is 11.5. The van der Waals surface area contributed by atoms with Crippen molar-refractivity contribution >= 4 is 17.7 Å². The molecule has 0 aromatic carbocycles. The van der Waals surface area contributed by atoms with E-state index in [0.717, 1.165) is 45.1 Å². The van der Waals surface area contributed by atoms with Crippen LogP contribution in [0.3, 0.4) is 0 Å². The van der Waals surface area contributed by atoms with E-state index < -0.39 is 5.69 Å². The number of aromatic amines is 2. The molecule has 0 radical (unpaired) electrons. The number of aromatic nitrogens is 6. The highest BCUT2D eigenvalue weighted by Gasteiger charge is 2.23.